The lowest BCUT2D eigenvalue weighted by Gasteiger charge is -2.09. The van der Waals surface area contributed by atoms with E-state index in [9.17, 15) is 26.4 Å². The molecule has 1 aromatic heterocycles. The fourth-order valence-corrected chi connectivity index (χ4v) is 2.33. The van der Waals surface area contributed by atoms with Gasteiger partial charge in [-0.3, -0.25) is 0 Å². The number of hydrogen-bond donors (Lipinski definition) is 0. The number of furan rings is 1. The Morgan fingerprint density at radius 3 is 2.36 bits per heavy atom. The molecule has 0 aliphatic carbocycles. The molecule has 0 amide bonds. The summed E-state index contributed by atoms with van der Waals surface area (Å²) in [6.07, 6.45) is 0. The summed E-state index contributed by atoms with van der Waals surface area (Å²) in [5.74, 6) is -1.14. The summed E-state index contributed by atoms with van der Waals surface area (Å²) in [4.78, 5) is 11.9. The van der Waals surface area contributed by atoms with Gasteiger partial charge in [-0.1, -0.05) is 13.8 Å². The zero-order valence-electron chi connectivity index (χ0n) is 13.9. The van der Waals surface area contributed by atoms with Crippen LogP contribution in [0, 0.1) is 6.92 Å². The quantitative estimate of drug-likeness (QED) is 0.448. The van der Waals surface area contributed by atoms with Gasteiger partial charge < -0.3 is 13.3 Å². The van der Waals surface area contributed by atoms with E-state index in [1.165, 1.54) is 13.0 Å². The summed E-state index contributed by atoms with van der Waals surface area (Å²) in [7, 11) is -5.80. The van der Waals surface area contributed by atoms with Gasteiger partial charge >= 0.3 is 21.6 Å². The van der Waals surface area contributed by atoms with Gasteiger partial charge in [-0.15, -0.1) is 0 Å². The second kappa shape index (κ2) is 7.77. The third-order valence-corrected chi connectivity index (χ3v) is 3.78. The number of esters is 1. The van der Waals surface area contributed by atoms with Crippen LogP contribution in [0.25, 0.3) is 11.0 Å². The zero-order chi connectivity index (χ0) is 19.4. The minimum atomic E-state index is -5.80. The van der Waals surface area contributed by atoms with E-state index in [1.54, 1.807) is 6.92 Å². The Morgan fingerprint density at radius 2 is 1.84 bits per heavy atom. The molecule has 2 aromatic rings. The molecule has 10 heteroatoms. The van der Waals surface area contributed by atoms with Crippen molar-refractivity contribution in [3.63, 3.8) is 0 Å². The molecule has 0 saturated carbocycles. The van der Waals surface area contributed by atoms with Crippen LogP contribution in [0.5, 0.6) is 5.75 Å². The maximum Gasteiger partial charge on any atom is 0.534 e. The molecule has 6 nitrogen and oxygen atoms in total. The fourth-order valence-electron chi connectivity index (χ4n) is 1.88. The first-order valence-corrected chi connectivity index (χ1v) is 8.68. The molecule has 0 aliphatic heterocycles. The summed E-state index contributed by atoms with van der Waals surface area (Å²) < 4.78 is 73.2. The average Bonchev–Trinajstić information content (AvgIpc) is 2.83. The molecule has 0 N–H and O–H groups in total. The highest BCUT2D eigenvalue weighted by molar-refractivity contribution is 7.88. The van der Waals surface area contributed by atoms with Gasteiger partial charge in [0, 0.05) is 5.39 Å². The van der Waals surface area contributed by atoms with Crippen LogP contribution in [0.15, 0.2) is 22.6 Å². The number of fused-ring (bicyclic) bond motifs is 1. The molecule has 0 fully saturated rings. The normalized spacial score (nSPS) is 11.6. The predicted molar refractivity (Wildman–Crippen MR) is 83.9 cm³/mol. The smallest absolute Gasteiger partial charge is 0.462 e. The van der Waals surface area contributed by atoms with E-state index in [-0.39, 0.29) is 28.9 Å². The van der Waals surface area contributed by atoms with E-state index in [0.717, 1.165) is 12.1 Å². The van der Waals surface area contributed by atoms with Gasteiger partial charge in [-0.05, 0) is 32.0 Å². The Balaban J connectivity index is 0.00000151. The minimum Gasteiger partial charge on any atom is -0.462 e. The van der Waals surface area contributed by atoms with Gasteiger partial charge in [0.05, 0.1) is 6.61 Å². The van der Waals surface area contributed by atoms with Gasteiger partial charge in [0.15, 0.2) is 0 Å². The van der Waals surface area contributed by atoms with Crippen molar-refractivity contribution in [2.75, 3.05) is 6.61 Å². The lowest BCUT2D eigenvalue weighted by Crippen LogP contribution is -2.28. The molecule has 0 saturated heterocycles. The van der Waals surface area contributed by atoms with Crippen LogP contribution < -0.4 is 4.18 Å². The lowest BCUT2D eigenvalue weighted by atomic mass is 10.1. The summed E-state index contributed by atoms with van der Waals surface area (Å²) in [6.45, 7) is 7.14. The molecule has 1 aromatic carbocycles. The van der Waals surface area contributed by atoms with Gasteiger partial charge in [-0.2, -0.15) is 21.6 Å². The number of halogens is 3. The van der Waals surface area contributed by atoms with Crippen molar-refractivity contribution in [3.8, 4) is 5.75 Å². The Labute approximate surface area is 142 Å². The van der Waals surface area contributed by atoms with E-state index >= 15 is 0 Å². The molecular formula is C15H17F3O6S. The number of ether oxygens (including phenoxy) is 1. The van der Waals surface area contributed by atoms with Crippen LogP contribution in [-0.4, -0.2) is 26.5 Å². The molecule has 0 aliphatic rings. The van der Waals surface area contributed by atoms with Crippen LogP contribution in [0.1, 0.15) is 36.9 Å². The van der Waals surface area contributed by atoms with E-state index in [1.807, 2.05) is 13.8 Å². The number of aryl methyl sites for hydroxylation is 1. The van der Waals surface area contributed by atoms with Crippen molar-refractivity contribution < 1.29 is 39.7 Å². The summed E-state index contributed by atoms with van der Waals surface area (Å²) in [5, 5.41) is 0.0934. The van der Waals surface area contributed by atoms with E-state index < -0.39 is 27.3 Å². The first-order chi connectivity index (χ1) is 11.6. The molecule has 0 bridgehead atoms. The van der Waals surface area contributed by atoms with Crippen molar-refractivity contribution >= 4 is 27.1 Å². The van der Waals surface area contributed by atoms with Crippen molar-refractivity contribution in [2.24, 2.45) is 0 Å². The topological polar surface area (TPSA) is 82.8 Å². The monoisotopic (exact) mass is 382 g/mol. The van der Waals surface area contributed by atoms with Crippen LogP contribution in [-0.2, 0) is 14.9 Å². The summed E-state index contributed by atoms with van der Waals surface area (Å²) in [5.41, 5.74) is -5.38. The Bertz CT molecular complexity index is 852. The largest absolute Gasteiger partial charge is 0.534 e. The summed E-state index contributed by atoms with van der Waals surface area (Å²) in [6, 6.07) is 3.16. The SMILES string of the molecule is CC.CCOC(=O)c1c(C)oc2ccc(OS(=O)(=O)C(F)(F)F)cc12. The average molecular weight is 382 g/mol. The maximum absolute atomic E-state index is 12.3. The van der Waals surface area contributed by atoms with Crippen molar-refractivity contribution in [1.82, 2.24) is 0 Å². The molecule has 0 radical (unpaired) electrons. The van der Waals surface area contributed by atoms with Crippen LogP contribution in [0.3, 0.4) is 0 Å². The Hall–Kier alpha value is -2.23. The Kier molecular flexibility index (Phi) is 6.47. The van der Waals surface area contributed by atoms with Gasteiger partial charge in [0.2, 0.25) is 0 Å². The zero-order valence-corrected chi connectivity index (χ0v) is 14.7. The van der Waals surface area contributed by atoms with Gasteiger partial charge in [-0.25, -0.2) is 4.79 Å². The van der Waals surface area contributed by atoms with Gasteiger partial charge in [0.1, 0.15) is 22.7 Å². The fraction of sp³-hybridized carbons (Fsp3) is 0.400. The Morgan fingerprint density at radius 1 is 1.24 bits per heavy atom. The first kappa shape index (κ1) is 20.8. The third-order valence-electron chi connectivity index (χ3n) is 2.80. The van der Waals surface area contributed by atoms with Crippen LogP contribution in [0.2, 0.25) is 0 Å². The number of benzene rings is 1. The van der Waals surface area contributed by atoms with Crippen LogP contribution in [0.4, 0.5) is 13.2 Å². The standard InChI is InChI=1S/C13H11F3O6S.C2H6/c1-3-20-12(17)11-7(2)21-10-5-4-8(6-9(10)11)22-23(18,19)13(14,15)16;1-2/h4-6H,3H2,1-2H3;1-2H3. The van der Waals surface area contributed by atoms with Crippen molar-refractivity contribution in [2.45, 2.75) is 33.2 Å². The molecule has 140 valence electrons. The van der Waals surface area contributed by atoms with E-state index in [2.05, 4.69) is 4.18 Å². The molecule has 0 spiro atoms. The minimum absolute atomic E-state index is 0.00305. The predicted octanol–water partition coefficient (Wildman–Crippen LogP) is 4.17. The number of rotatable bonds is 4. The third kappa shape index (κ3) is 4.44. The maximum atomic E-state index is 12.3. The number of carbonyl (C=O) groups excluding carboxylic acids is 1. The molecule has 25 heavy (non-hydrogen) atoms. The molecular weight excluding hydrogens is 365 g/mol. The van der Waals surface area contributed by atoms with Gasteiger partial charge in [0.25, 0.3) is 0 Å². The first-order valence-electron chi connectivity index (χ1n) is 7.28. The highest BCUT2D eigenvalue weighted by Gasteiger charge is 2.48. The highest BCUT2D eigenvalue weighted by Crippen LogP contribution is 2.32. The second-order valence-electron chi connectivity index (χ2n) is 4.39. The van der Waals surface area contributed by atoms with Crippen molar-refractivity contribution in [1.29, 1.82) is 0 Å². The number of hydrogen-bond acceptors (Lipinski definition) is 6. The van der Waals surface area contributed by atoms with E-state index in [4.69, 9.17) is 9.15 Å². The van der Waals surface area contributed by atoms with Crippen molar-refractivity contribution in [3.05, 3.63) is 29.5 Å². The molecule has 0 unspecified atom stereocenters. The second-order valence-corrected chi connectivity index (χ2v) is 5.93. The molecule has 1 heterocycles. The molecule has 2 rings (SSSR count). The molecule has 0 atom stereocenters. The lowest BCUT2D eigenvalue weighted by molar-refractivity contribution is -0.0500. The van der Waals surface area contributed by atoms with Crippen LogP contribution >= 0.6 is 0 Å². The number of carbonyl (C=O) groups is 1. The summed E-state index contributed by atoms with van der Waals surface area (Å²) >= 11 is 0. The van der Waals surface area contributed by atoms with E-state index in [0.29, 0.717) is 0 Å². The highest BCUT2D eigenvalue weighted by atomic mass is 32.2. The number of alkyl halides is 3.